The van der Waals surface area contributed by atoms with Crippen LogP contribution in [0.15, 0.2) is 53.1 Å². The van der Waals surface area contributed by atoms with Crippen LogP contribution in [0.5, 0.6) is 0 Å². The fourth-order valence-corrected chi connectivity index (χ4v) is 2.68. The summed E-state index contributed by atoms with van der Waals surface area (Å²) < 4.78 is 16.5. The van der Waals surface area contributed by atoms with Gasteiger partial charge in [-0.3, -0.25) is 4.79 Å². The van der Waals surface area contributed by atoms with Crippen LogP contribution in [-0.4, -0.2) is 10.9 Å². The van der Waals surface area contributed by atoms with Gasteiger partial charge in [0.15, 0.2) is 6.29 Å². The average molecular weight is 332 g/mol. The van der Waals surface area contributed by atoms with Crippen LogP contribution >= 0.6 is 15.9 Å². The molecule has 0 amide bonds. The average Bonchev–Trinajstić information content (AvgIpc) is 2.85. The first-order valence-electron chi connectivity index (χ1n) is 6.16. The number of nitrogens with zero attached hydrogens (tertiary/aromatic N) is 1. The topological polar surface area (TPSA) is 22.0 Å². The third kappa shape index (κ3) is 2.27. The van der Waals surface area contributed by atoms with E-state index in [1.54, 1.807) is 12.1 Å². The van der Waals surface area contributed by atoms with Crippen molar-refractivity contribution in [1.82, 2.24) is 4.57 Å². The van der Waals surface area contributed by atoms with E-state index in [9.17, 15) is 9.18 Å². The van der Waals surface area contributed by atoms with Crippen molar-refractivity contribution in [2.75, 3.05) is 0 Å². The van der Waals surface area contributed by atoms with Crippen LogP contribution in [0, 0.1) is 5.82 Å². The van der Waals surface area contributed by atoms with Crippen LogP contribution in [0.2, 0.25) is 0 Å². The van der Waals surface area contributed by atoms with E-state index >= 15 is 0 Å². The molecule has 0 spiro atoms. The SMILES string of the molecule is O=Cc1cccc2ccn(Cc3ccc(Br)cc3F)c12. The summed E-state index contributed by atoms with van der Waals surface area (Å²) in [6.07, 6.45) is 2.70. The first kappa shape index (κ1) is 13.1. The lowest BCUT2D eigenvalue weighted by atomic mass is 10.1. The third-order valence-electron chi connectivity index (χ3n) is 3.30. The minimum Gasteiger partial charge on any atom is -0.342 e. The van der Waals surface area contributed by atoms with Gasteiger partial charge in [0, 0.05) is 27.2 Å². The number of benzene rings is 2. The Morgan fingerprint density at radius 2 is 2.05 bits per heavy atom. The van der Waals surface area contributed by atoms with Gasteiger partial charge in [-0.1, -0.05) is 34.1 Å². The van der Waals surface area contributed by atoms with Crippen molar-refractivity contribution in [2.24, 2.45) is 0 Å². The number of hydrogen-bond acceptors (Lipinski definition) is 1. The zero-order chi connectivity index (χ0) is 14.1. The number of carbonyl (C=O) groups is 1. The van der Waals surface area contributed by atoms with Gasteiger partial charge in [-0.25, -0.2) is 4.39 Å². The second-order valence-corrected chi connectivity index (χ2v) is 5.50. The normalized spacial score (nSPS) is 10.9. The van der Waals surface area contributed by atoms with Crippen LogP contribution < -0.4 is 0 Å². The van der Waals surface area contributed by atoms with Crippen molar-refractivity contribution >= 4 is 33.1 Å². The summed E-state index contributed by atoms with van der Waals surface area (Å²) in [7, 11) is 0. The number of para-hydroxylation sites is 1. The first-order chi connectivity index (χ1) is 9.69. The molecule has 0 saturated carbocycles. The molecule has 0 unspecified atom stereocenters. The largest absolute Gasteiger partial charge is 0.342 e. The van der Waals surface area contributed by atoms with E-state index in [-0.39, 0.29) is 5.82 Å². The predicted molar refractivity (Wildman–Crippen MR) is 80.5 cm³/mol. The summed E-state index contributed by atoms with van der Waals surface area (Å²) in [6.45, 7) is 0.396. The Morgan fingerprint density at radius 1 is 1.20 bits per heavy atom. The quantitative estimate of drug-likeness (QED) is 0.652. The third-order valence-corrected chi connectivity index (χ3v) is 3.80. The van der Waals surface area contributed by atoms with Crippen LogP contribution in [-0.2, 0) is 6.54 Å². The summed E-state index contributed by atoms with van der Waals surface area (Å²) in [5, 5.41) is 0.979. The van der Waals surface area contributed by atoms with Gasteiger partial charge in [0.2, 0.25) is 0 Å². The molecular formula is C16H11BrFNO. The van der Waals surface area contributed by atoms with Gasteiger partial charge in [0.05, 0.1) is 12.1 Å². The van der Waals surface area contributed by atoms with Crippen LogP contribution in [0.1, 0.15) is 15.9 Å². The van der Waals surface area contributed by atoms with Crippen molar-refractivity contribution in [3.05, 3.63) is 70.1 Å². The molecule has 0 radical (unpaired) electrons. The maximum Gasteiger partial charge on any atom is 0.152 e. The molecule has 20 heavy (non-hydrogen) atoms. The molecule has 2 nitrogen and oxygen atoms in total. The lowest BCUT2D eigenvalue weighted by Crippen LogP contribution is -2.02. The highest BCUT2D eigenvalue weighted by atomic mass is 79.9. The van der Waals surface area contributed by atoms with E-state index in [1.807, 2.05) is 35.0 Å². The minimum atomic E-state index is -0.259. The standard InChI is InChI=1S/C16H11BrFNO/c17-14-5-4-12(15(18)8-14)9-19-7-6-11-2-1-3-13(10-20)16(11)19/h1-8,10H,9H2. The molecule has 1 heterocycles. The molecular weight excluding hydrogens is 321 g/mol. The Labute approximate surface area is 124 Å². The number of carbonyl (C=O) groups excluding carboxylic acids is 1. The molecule has 0 aliphatic heterocycles. The molecule has 0 bridgehead atoms. The molecule has 3 rings (SSSR count). The highest BCUT2D eigenvalue weighted by molar-refractivity contribution is 9.10. The van der Waals surface area contributed by atoms with Gasteiger partial charge in [-0.15, -0.1) is 0 Å². The lowest BCUT2D eigenvalue weighted by molar-refractivity contribution is 0.112. The van der Waals surface area contributed by atoms with E-state index < -0.39 is 0 Å². The smallest absolute Gasteiger partial charge is 0.152 e. The minimum absolute atomic E-state index is 0.259. The van der Waals surface area contributed by atoms with Gasteiger partial charge in [-0.05, 0) is 24.3 Å². The maximum absolute atomic E-state index is 13.9. The molecule has 0 fully saturated rings. The molecule has 4 heteroatoms. The van der Waals surface area contributed by atoms with Gasteiger partial charge >= 0.3 is 0 Å². The second-order valence-electron chi connectivity index (χ2n) is 4.58. The fraction of sp³-hybridized carbons (Fsp3) is 0.0625. The molecule has 0 atom stereocenters. The Balaban J connectivity index is 2.09. The molecule has 1 aromatic heterocycles. The summed E-state index contributed by atoms with van der Waals surface area (Å²) in [5.41, 5.74) is 2.04. The molecule has 0 N–H and O–H groups in total. The number of aromatic nitrogens is 1. The number of rotatable bonds is 3. The molecule has 3 aromatic rings. The Morgan fingerprint density at radius 3 is 2.80 bits per heavy atom. The van der Waals surface area contributed by atoms with Crippen molar-refractivity contribution in [3.63, 3.8) is 0 Å². The van der Waals surface area contributed by atoms with E-state index in [4.69, 9.17) is 0 Å². The number of hydrogen-bond donors (Lipinski definition) is 0. The van der Waals surface area contributed by atoms with Crippen molar-refractivity contribution in [2.45, 2.75) is 6.54 Å². The zero-order valence-corrected chi connectivity index (χ0v) is 12.1. The Kier molecular flexibility index (Phi) is 3.40. The van der Waals surface area contributed by atoms with Crippen LogP contribution in [0.4, 0.5) is 4.39 Å². The molecule has 0 aliphatic rings. The highest BCUT2D eigenvalue weighted by Gasteiger charge is 2.09. The maximum atomic E-state index is 13.9. The number of aldehydes is 1. The Bertz CT molecular complexity index is 794. The van der Waals surface area contributed by atoms with E-state index in [0.717, 1.165) is 17.2 Å². The summed E-state index contributed by atoms with van der Waals surface area (Å²) >= 11 is 3.24. The van der Waals surface area contributed by atoms with Gasteiger partial charge < -0.3 is 4.57 Å². The number of fused-ring (bicyclic) bond motifs is 1. The molecule has 100 valence electrons. The van der Waals surface area contributed by atoms with Crippen LogP contribution in [0.3, 0.4) is 0 Å². The van der Waals surface area contributed by atoms with Crippen LogP contribution in [0.25, 0.3) is 10.9 Å². The van der Waals surface area contributed by atoms with Crippen molar-refractivity contribution < 1.29 is 9.18 Å². The van der Waals surface area contributed by atoms with E-state index in [0.29, 0.717) is 22.1 Å². The molecule has 0 saturated heterocycles. The first-order valence-corrected chi connectivity index (χ1v) is 6.95. The summed E-state index contributed by atoms with van der Waals surface area (Å²) in [5.74, 6) is -0.259. The predicted octanol–water partition coefficient (Wildman–Crippen LogP) is 4.40. The molecule has 2 aromatic carbocycles. The van der Waals surface area contributed by atoms with Crippen molar-refractivity contribution in [3.8, 4) is 0 Å². The van der Waals surface area contributed by atoms with E-state index in [1.165, 1.54) is 6.07 Å². The molecule has 0 aliphatic carbocycles. The van der Waals surface area contributed by atoms with Gasteiger partial charge in [0.25, 0.3) is 0 Å². The zero-order valence-electron chi connectivity index (χ0n) is 10.5. The van der Waals surface area contributed by atoms with E-state index in [2.05, 4.69) is 15.9 Å². The second kappa shape index (κ2) is 5.21. The van der Waals surface area contributed by atoms with Crippen molar-refractivity contribution in [1.29, 1.82) is 0 Å². The summed E-state index contributed by atoms with van der Waals surface area (Å²) in [6, 6.07) is 12.5. The van der Waals surface area contributed by atoms with Gasteiger partial charge in [0.1, 0.15) is 5.82 Å². The number of halogens is 2. The Hall–Kier alpha value is -1.94. The fourth-order valence-electron chi connectivity index (χ4n) is 2.35. The summed E-state index contributed by atoms with van der Waals surface area (Å²) in [4.78, 5) is 11.1. The lowest BCUT2D eigenvalue weighted by Gasteiger charge is -2.08. The highest BCUT2D eigenvalue weighted by Crippen LogP contribution is 2.22. The monoisotopic (exact) mass is 331 g/mol. The van der Waals surface area contributed by atoms with Gasteiger partial charge in [-0.2, -0.15) is 0 Å².